The number of unbranched alkanes of at least 4 members (excludes halogenated alkanes) is 5. The SMILES string of the molecule is CCCCCCCCNC(=O)NC(=O)CC1NC(=O)C(NC(=O)[C@@H](CC(C)C)NC)[C@H](O)c2ccc(c(Cl)c2)Oc2cc3cc(c2OC)Oc2ccc(cc2Cl)[C@@H](O)[C@@H]2NC(=O)[C@H](NC(=O)C3NC1=O)c1ccc(O)c(c1)-c1c(O)cc(O)cc1C(C(=O)O)NC2=O. The number of carboxylic acid groups (broad SMARTS) is 1. The standard InChI is InChI=1S/C63H71Cl2N9O18/c1-6-7-8-9-10-11-18-67-63(89)69-46(78)27-39-57(82)70-49-32-23-44(91-42-16-13-30(21-36(42)64)53(79)51(60(85)68-39)73-56(81)38(66-4)19-28(2)3)55(90-5)45(24-32)92-43-17-14-31(22-37(43)65)54(80)52-61(86)72-50(62(87)88)35-25-33(75)26-41(77)47(35)34-20-29(12-15-40(34)76)48(58(83)74-52)71-59(49)84/h12-17,20-26,28,38-39,48-54,66,75-77,79-80H,6-11,18-19,27H2,1-5H3,(H,68,85)(H,70,82)(H,71,84)(H,72,86)(H,73,81)(H,74,83)(H,87,88)(H2,67,69,78,89)/t38-,39?,48-,49?,50?,51?,52+,53-,54-/m1/s1. The minimum atomic E-state index is -2.19. The molecule has 490 valence electrons. The lowest BCUT2D eigenvalue weighted by molar-refractivity contribution is -0.143. The molecule has 5 aliphatic heterocycles. The quantitative estimate of drug-likeness (QED) is 0.0550. The summed E-state index contributed by atoms with van der Waals surface area (Å²) in [5.41, 5.74) is -2.22. The van der Waals surface area contributed by atoms with Crippen molar-refractivity contribution in [3.8, 4) is 57.1 Å². The van der Waals surface area contributed by atoms with Crippen molar-refractivity contribution in [1.29, 1.82) is 0 Å². The van der Waals surface area contributed by atoms with Crippen molar-refractivity contribution in [2.75, 3.05) is 20.7 Å². The molecule has 11 bridgehead atoms. The molecule has 0 fully saturated rings. The molecule has 9 atom stereocenters. The van der Waals surface area contributed by atoms with Gasteiger partial charge in [-0.2, -0.15) is 0 Å². The van der Waals surface area contributed by atoms with Gasteiger partial charge in [0, 0.05) is 29.3 Å². The van der Waals surface area contributed by atoms with Crippen LogP contribution in [0.3, 0.4) is 0 Å². The molecule has 0 saturated carbocycles. The van der Waals surface area contributed by atoms with Gasteiger partial charge >= 0.3 is 12.0 Å². The van der Waals surface area contributed by atoms with E-state index in [4.69, 9.17) is 37.4 Å². The predicted octanol–water partition coefficient (Wildman–Crippen LogP) is 5.40. The van der Waals surface area contributed by atoms with Gasteiger partial charge in [-0.15, -0.1) is 0 Å². The van der Waals surface area contributed by atoms with Crippen molar-refractivity contribution >= 4 is 76.6 Å². The molecule has 9 amide bonds. The molecule has 92 heavy (non-hydrogen) atoms. The lowest BCUT2D eigenvalue weighted by Gasteiger charge is -2.31. The second-order valence-corrected chi connectivity index (χ2v) is 23.5. The number of fused-ring (bicyclic) bond motifs is 15. The summed E-state index contributed by atoms with van der Waals surface area (Å²) in [6, 6.07) is 0.0630. The first-order valence-corrected chi connectivity index (χ1v) is 30.3. The Morgan fingerprint density at radius 1 is 0.652 bits per heavy atom. The first-order chi connectivity index (χ1) is 43.8. The van der Waals surface area contributed by atoms with Crippen LogP contribution >= 0.6 is 23.2 Å². The van der Waals surface area contributed by atoms with Gasteiger partial charge < -0.3 is 87.4 Å². The number of likely N-dealkylation sites (N-methyl/N-ethyl adjacent to an activating group) is 1. The molecular formula is C63H71Cl2N9O18. The molecule has 29 heteroatoms. The highest BCUT2D eigenvalue weighted by molar-refractivity contribution is 6.32. The predicted molar refractivity (Wildman–Crippen MR) is 331 cm³/mol. The van der Waals surface area contributed by atoms with E-state index < -0.39 is 148 Å². The second kappa shape index (κ2) is 30.1. The van der Waals surface area contributed by atoms with Gasteiger partial charge in [-0.1, -0.05) is 94.3 Å². The van der Waals surface area contributed by atoms with Crippen LogP contribution in [-0.2, 0) is 38.4 Å². The number of nitrogens with one attached hydrogen (secondary N) is 9. The number of halogens is 2. The molecule has 0 saturated heterocycles. The van der Waals surface area contributed by atoms with Crippen LogP contribution in [0, 0.1) is 5.92 Å². The first-order valence-electron chi connectivity index (χ1n) is 29.5. The van der Waals surface area contributed by atoms with Crippen LogP contribution in [-0.4, -0.2) is 129 Å². The number of amides is 9. The number of carbonyl (C=O) groups is 9. The fourth-order valence-corrected chi connectivity index (χ4v) is 11.3. The Labute approximate surface area is 537 Å². The number of methoxy groups -OCH3 is 1. The molecule has 27 nitrogen and oxygen atoms in total. The minimum absolute atomic E-state index is 0.0580. The number of urea groups is 1. The Bertz CT molecular complexity index is 3680. The van der Waals surface area contributed by atoms with Crippen molar-refractivity contribution in [2.24, 2.45) is 5.92 Å². The van der Waals surface area contributed by atoms with E-state index in [0.29, 0.717) is 6.42 Å². The molecule has 5 aliphatic rings. The number of hydrogen-bond acceptors (Lipinski definition) is 18. The molecule has 5 aromatic carbocycles. The number of carboxylic acids is 1. The van der Waals surface area contributed by atoms with Crippen LogP contribution in [0.4, 0.5) is 4.79 Å². The van der Waals surface area contributed by atoms with Gasteiger partial charge in [-0.3, -0.25) is 38.9 Å². The number of phenolic OH excluding ortho intramolecular Hbond substituents is 3. The van der Waals surface area contributed by atoms with E-state index in [9.17, 15) is 59.4 Å². The summed E-state index contributed by atoms with van der Waals surface area (Å²) in [7, 11) is 2.72. The molecule has 0 radical (unpaired) electrons. The van der Waals surface area contributed by atoms with E-state index in [-0.39, 0.29) is 79.9 Å². The summed E-state index contributed by atoms with van der Waals surface area (Å²) in [4.78, 5) is 130. The maximum absolute atomic E-state index is 15.8. The number of phenols is 3. The Morgan fingerprint density at radius 2 is 1.25 bits per heavy atom. The third kappa shape index (κ3) is 16.0. The summed E-state index contributed by atoms with van der Waals surface area (Å²) in [6.45, 7) is 5.93. The van der Waals surface area contributed by atoms with E-state index in [1.165, 1.54) is 56.6 Å². The highest BCUT2D eigenvalue weighted by Crippen LogP contribution is 2.48. The van der Waals surface area contributed by atoms with Crippen molar-refractivity contribution in [1.82, 2.24) is 47.9 Å². The molecule has 5 heterocycles. The Balaban J connectivity index is 1.34. The topological polar surface area (TPSA) is 411 Å². The first kappa shape index (κ1) is 68.5. The van der Waals surface area contributed by atoms with Gasteiger partial charge in [-0.05, 0) is 103 Å². The van der Waals surface area contributed by atoms with E-state index in [1.54, 1.807) is 0 Å². The molecule has 0 aliphatic carbocycles. The van der Waals surface area contributed by atoms with E-state index in [2.05, 4.69) is 54.8 Å². The lowest BCUT2D eigenvalue weighted by Crippen LogP contribution is -2.59. The lowest BCUT2D eigenvalue weighted by atomic mass is 9.89. The molecule has 0 spiro atoms. The number of hydrogen-bond donors (Lipinski definition) is 15. The molecule has 10 rings (SSSR count). The fourth-order valence-electron chi connectivity index (χ4n) is 10.8. The van der Waals surface area contributed by atoms with Gasteiger partial charge in [-0.25, -0.2) is 9.59 Å². The summed E-state index contributed by atoms with van der Waals surface area (Å²) in [6.07, 6.45) is 0.410. The van der Waals surface area contributed by atoms with Crippen LogP contribution in [0.15, 0.2) is 78.9 Å². The zero-order valence-corrected chi connectivity index (χ0v) is 52.0. The molecule has 15 N–H and O–H groups in total. The summed E-state index contributed by atoms with van der Waals surface area (Å²) in [5.74, 6) is -13.8. The minimum Gasteiger partial charge on any atom is -0.508 e. The van der Waals surface area contributed by atoms with Crippen LogP contribution in [0.5, 0.6) is 46.0 Å². The Kier molecular flexibility index (Phi) is 22.4. The third-order valence-corrected chi connectivity index (χ3v) is 16.2. The highest BCUT2D eigenvalue weighted by Gasteiger charge is 2.42. The second-order valence-electron chi connectivity index (χ2n) is 22.7. The van der Waals surface area contributed by atoms with Gasteiger partial charge in [0.1, 0.15) is 71.2 Å². The zero-order valence-electron chi connectivity index (χ0n) is 50.5. The molecule has 0 aromatic heterocycles. The summed E-state index contributed by atoms with van der Waals surface area (Å²) < 4.78 is 18.7. The number of imide groups is 1. The molecular weight excluding hydrogens is 1240 g/mol. The fraction of sp³-hybridized carbons (Fsp3) is 0.381. The normalized spacial score (nSPS) is 20.9. The summed E-state index contributed by atoms with van der Waals surface area (Å²) in [5, 5.41) is 90.4. The van der Waals surface area contributed by atoms with Gasteiger partial charge in [0.2, 0.25) is 47.1 Å². The number of aliphatic hydroxyl groups excluding tert-OH is 2. The largest absolute Gasteiger partial charge is 0.508 e. The van der Waals surface area contributed by atoms with Crippen molar-refractivity contribution in [3.63, 3.8) is 0 Å². The Morgan fingerprint density at radius 3 is 1.86 bits per heavy atom. The number of benzene rings is 5. The van der Waals surface area contributed by atoms with Crippen LogP contribution in [0.2, 0.25) is 10.0 Å². The van der Waals surface area contributed by atoms with Gasteiger partial charge in [0.25, 0.3) is 0 Å². The van der Waals surface area contributed by atoms with Crippen molar-refractivity contribution in [3.05, 3.63) is 117 Å². The number of rotatable bonds is 16. The number of ether oxygens (including phenoxy) is 3. The number of aliphatic carboxylic acids is 1. The van der Waals surface area contributed by atoms with Crippen LogP contribution in [0.1, 0.15) is 130 Å². The average molecular weight is 1310 g/mol. The van der Waals surface area contributed by atoms with Gasteiger partial charge in [0.05, 0.1) is 29.6 Å². The van der Waals surface area contributed by atoms with E-state index in [1.807, 2.05) is 13.8 Å². The third-order valence-electron chi connectivity index (χ3n) is 15.6. The monoisotopic (exact) mass is 1310 g/mol. The average Bonchev–Trinajstić information content (AvgIpc) is 0.777. The van der Waals surface area contributed by atoms with Crippen LogP contribution in [0.25, 0.3) is 11.1 Å². The molecule has 4 unspecified atom stereocenters. The number of aliphatic hydroxyl groups is 2. The number of aromatic hydroxyl groups is 3. The van der Waals surface area contributed by atoms with Gasteiger partial charge in [0.15, 0.2) is 17.5 Å². The summed E-state index contributed by atoms with van der Waals surface area (Å²) >= 11 is 13.8. The van der Waals surface area contributed by atoms with Crippen LogP contribution < -0.4 is 62.1 Å². The highest BCUT2D eigenvalue weighted by atomic mass is 35.5. The smallest absolute Gasteiger partial charge is 0.330 e. The number of carbonyl (C=O) groups excluding carboxylic acids is 8. The van der Waals surface area contributed by atoms with E-state index >= 15 is 14.4 Å². The van der Waals surface area contributed by atoms with E-state index in [0.717, 1.165) is 68.5 Å². The van der Waals surface area contributed by atoms with Crippen molar-refractivity contribution in [2.45, 2.75) is 127 Å². The zero-order chi connectivity index (χ0) is 66.8. The Hall–Kier alpha value is -9.41. The molecule has 5 aromatic rings. The van der Waals surface area contributed by atoms with Crippen molar-refractivity contribution < 1.29 is 88.0 Å². The maximum atomic E-state index is 15.8. The maximum Gasteiger partial charge on any atom is 0.330 e.